The number of para-hydroxylation sites is 1. The van der Waals surface area contributed by atoms with Crippen molar-refractivity contribution in [1.29, 1.82) is 0 Å². The van der Waals surface area contributed by atoms with Crippen LogP contribution in [0, 0.1) is 5.41 Å². The Morgan fingerprint density at radius 2 is 1.95 bits per heavy atom. The Morgan fingerprint density at radius 1 is 1.32 bits per heavy atom. The molecule has 0 radical (unpaired) electrons. The summed E-state index contributed by atoms with van der Waals surface area (Å²) in [4.78, 5) is 23.6. The summed E-state index contributed by atoms with van der Waals surface area (Å²) in [5.41, 5.74) is -0.944. The third kappa shape index (κ3) is 3.98. The summed E-state index contributed by atoms with van der Waals surface area (Å²) in [6, 6.07) is 9.03. The number of carbonyl (C=O) groups excluding carboxylic acids is 1. The van der Waals surface area contributed by atoms with Gasteiger partial charge in [-0.3, -0.25) is 9.59 Å². The molecule has 0 aromatic heterocycles. The third-order valence-corrected chi connectivity index (χ3v) is 3.93. The second-order valence-corrected chi connectivity index (χ2v) is 5.49. The molecule has 1 atom stereocenters. The van der Waals surface area contributed by atoms with Gasteiger partial charge in [-0.05, 0) is 31.9 Å². The van der Waals surface area contributed by atoms with Crippen molar-refractivity contribution in [1.82, 2.24) is 5.32 Å². The number of ether oxygens (including phenoxy) is 2. The van der Waals surface area contributed by atoms with E-state index in [9.17, 15) is 14.7 Å². The van der Waals surface area contributed by atoms with E-state index >= 15 is 0 Å². The molecule has 0 aliphatic carbocycles. The molecule has 1 unspecified atom stereocenters. The molecule has 6 nitrogen and oxygen atoms in total. The molecule has 2 N–H and O–H groups in total. The maximum Gasteiger partial charge on any atom is 0.311 e. The number of carboxylic acids is 1. The molecule has 1 heterocycles. The molecule has 120 valence electrons. The Kier molecular flexibility index (Phi) is 5.38. The van der Waals surface area contributed by atoms with E-state index in [0.717, 1.165) is 0 Å². The first-order chi connectivity index (χ1) is 10.5. The second kappa shape index (κ2) is 7.26. The topological polar surface area (TPSA) is 84.9 Å². The minimum Gasteiger partial charge on any atom is -0.481 e. The number of amides is 1. The van der Waals surface area contributed by atoms with Gasteiger partial charge < -0.3 is 19.9 Å². The van der Waals surface area contributed by atoms with E-state index in [1.165, 1.54) is 0 Å². The number of hydrogen-bond acceptors (Lipinski definition) is 4. The van der Waals surface area contributed by atoms with Gasteiger partial charge in [0.2, 0.25) is 0 Å². The van der Waals surface area contributed by atoms with E-state index < -0.39 is 17.5 Å². The van der Waals surface area contributed by atoms with Gasteiger partial charge in [-0.25, -0.2) is 0 Å². The minimum atomic E-state index is -0.944. The predicted octanol–water partition coefficient (Wildman–Crippen LogP) is 1.45. The van der Waals surface area contributed by atoms with Crippen LogP contribution >= 0.6 is 0 Å². The monoisotopic (exact) mass is 307 g/mol. The van der Waals surface area contributed by atoms with Crippen molar-refractivity contribution in [3.05, 3.63) is 30.3 Å². The summed E-state index contributed by atoms with van der Waals surface area (Å²) in [6.07, 6.45) is 0.112. The smallest absolute Gasteiger partial charge is 0.311 e. The number of carbonyl (C=O) groups is 2. The van der Waals surface area contributed by atoms with E-state index in [1.807, 2.05) is 18.2 Å². The predicted molar refractivity (Wildman–Crippen MR) is 79.7 cm³/mol. The zero-order valence-corrected chi connectivity index (χ0v) is 12.6. The molecule has 1 fully saturated rings. The van der Waals surface area contributed by atoms with Crippen LogP contribution in [0.4, 0.5) is 0 Å². The minimum absolute atomic E-state index is 0.0903. The number of aliphatic carboxylic acids is 1. The highest BCUT2D eigenvalue weighted by Gasteiger charge is 2.40. The van der Waals surface area contributed by atoms with Crippen LogP contribution in [0.15, 0.2) is 30.3 Å². The maximum atomic E-state index is 12.1. The second-order valence-electron chi connectivity index (χ2n) is 5.49. The van der Waals surface area contributed by atoms with Crippen LogP contribution in [0.5, 0.6) is 5.75 Å². The van der Waals surface area contributed by atoms with E-state index in [0.29, 0.717) is 31.8 Å². The highest BCUT2D eigenvalue weighted by Crippen LogP contribution is 2.30. The van der Waals surface area contributed by atoms with E-state index in [1.54, 1.807) is 19.1 Å². The number of hydrogen-bond donors (Lipinski definition) is 2. The van der Waals surface area contributed by atoms with Crippen LogP contribution in [-0.4, -0.2) is 42.8 Å². The van der Waals surface area contributed by atoms with Gasteiger partial charge >= 0.3 is 5.97 Å². The molecule has 0 saturated carbocycles. The van der Waals surface area contributed by atoms with Crippen molar-refractivity contribution in [3.63, 3.8) is 0 Å². The van der Waals surface area contributed by atoms with Crippen LogP contribution in [0.25, 0.3) is 0 Å². The zero-order valence-electron chi connectivity index (χ0n) is 12.6. The first-order valence-electron chi connectivity index (χ1n) is 7.34. The molecule has 1 aromatic rings. The van der Waals surface area contributed by atoms with Crippen molar-refractivity contribution in [3.8, 4) is 5.75 Å². The Balaban J connectivity index is 1.89. The van der Waals surface area contributed by atoms with Crippen LogP contribution in [-0.2, 0) is 14.3 Å². The standard InChI is InChI=1S/C16H21NO5/c1-12(22-13-5-3-2-4-6-13)14(18)17-11-16(15(19)20)7-9-21-10-8-16/h2-6,12H,7-11H2,1H3,(H,17,18)(H,19,20). The van der Waals surface area contributed by atoms with Crippen LogP contribution in [0.3, 0.4) is 0 Å². The number of rotatable bonds is 6. The average Bonchev–Trinajstić information content (AvgIpc) is 2.54. The third-order valence-electron chi connectivity index (χ3n) is 3.93. The Morgan fingerprint density at radius 3 is 2.55 bits per heavy atom. The Labute approximate surface area is 129 Å². The SMILES string of the molecule is CC(Oc1ccccc1)C(=O)NCC1(C(=O)O)CCOCC1. The largest absolute Gasteiger partial charge is 0.481 e. The summed E-state index contributed by atoms with van der Waals surface area (Å²) in [7, 11) is 0. The molecule has 0 spiro atoms. The van der Waals surface area contributed by atoms with E-state index in [4.69, 9.17) is 9.47 Å². The maximum absolute atomic E-state index is 12.1. The van der Waals surface area contributed by atoms with Crippen LogP contribution in [0.1, 0.15) is 19.8 Å². The summed E-state index contributed by atoms with van der Waals surface area (Å²) >= 11 is 0. The van der Waals surface area contributed by atoms with Gasteiger partial charge in [-0.1, -0.05) is 18.2 Å². The molecule has 22 heavy (non-hydrogen) atoms. The normalized spacial score (nSPS) is 18.2. The molecule has 0 bridgehead atoms. The van der Waals surface area contributed by atoms with Crippen molar-refractivity contribution >= 4 is 11.9 Å². The quantitative estimate of drug-likeness (QED) is 0.831. The van der Waals surface area contributed by atoms with Gasteiger partial charge in [0.25, 0.3) is 5.91 Å². The summed E-state index contributed by atoms with van der Waals surface area (Å²) in [6.45, 7) is 2.53. The van der Waals surface area contributed by atoms with Gasteiger partial charge in [0, 0.05) is 19.8 Å². The Bertz CT molecular complexity index is 511. The number of carboxylic acid groups (broad SMARTS) is 1. The summed E-state index contributed by atoms with van der Waals surface area (Å²) < 4.78 is 10.7. The average molecular weight is 307 g/mol. The molecular formula is C16H21NO5. The fraction of sp³-hybridized carbons (Fsp3) is 0.500. The van der Waals surface area contributed by atoms with Crippen molar-refractivity contribution in [2.75, 3.05) is 19.8 Å². The molecule has 1 aliphatic rings. The van der Waals surface area contributed by atoms with Gasteiger partial charge in [0.15, 0.2) is 6.10 Å². The molecule has 1 amide bonds. The Hall–Kier alpha value is -2.08. The molecule has 1 aliphatic heterocycles. The lowest BCUT2D eigenvalue weighted by molar-refractivity contribution is -0.155. The van der Waals surface area contributed by atoms with Gasteiger partial charge in [-0.15, -0.1) is 0 Å². The molecule has 6 heteroatoms. The fourth-order valence-corrected chi connectivity index (χ4v) is 2.39. The van der Waals surface area contributed by atoms with Crippen LogP contribution in [0.2, 0.25) is 0 Å². The van der Waals surface area contributed by atoms with Crippen molar-refractivity contribution in [2.24, 2.45) is 5.41 Å². The molecular weight excluding hydrogens is 286 g/mol. The lowest BCUT2D eigenvalue weighted by Gasteiger charge is -2.33. The van der Waals surface area contributed by atoms with Crippen molar-refractivity contribution in [2.45, 2.75) is 25.9 Å². The lowest BCUT2D eigenvalue weighted by atomic mass is 9.80. The van der Waals surface area contributed by atoms with Crippen LogP contribution < -0.4 is 10.1 Å². The fourth-order valence-electron chi connectivity index (χ4n) is 2.39. The highest BCUT2D eigenvalue weighted by molar-refractivity contribution is 5.82. The summed E-state index contributed by atoms with van der Waals surface area (Å²) in [5.74, 6) is -0.618. The first kappa shape index (κ1) is 16.3. The summed E-state index contributed by atoms with van der Waals surface area (Å²) in [5, 5.41) is 12.1. The molecule has 1 aromatic carbocycles. The highest BCUT2D eigenvalue weighted by atomic mass is 16.5. The van der Waals surface area contributed by atoms with Gasteiger partial charge in [0.1, 0.15) is 5.75 Å². The van der Waals surface area contributed by atoms with Crippen molar-refractivity contribution < 1.29 is 24.2 Å². The first-order valence-corrected chi connectivity index (χ1v) is 7.34. The lowest BCUT2D eigenvalue weighted by Crippen LogP contribution is -2.48. The zero-order chi connectivity index (χ0) is 16.0. The number of nitrogens with one attached hydrogen (secondary N) is 1. The van der Waals surface area contributed by atoms with E-state index in [-0.39, 0.29) is 12.5 Å². The molecule has 1 saturated heterocycles. The molecule has 2 rings (SSSR count). The number of benzene rings is 1. The van der Waals surface area contributed by atoms with E-state index in [2.05, 4.69) is 5.32 Å². The van der Waals surface area contributed by atoms with Gasteiger partial charge in [0.05, 0.1) is 5.41 Å². The van der Waals surface area contributed by atoms with Gasteiger partial charge in [-0.2, -0.15) is 0 Å².